The van der Waals surface area contributed by atoms with Gasteiger partial charge in [0.25, 0.3) is 0 Å². The van der Waals surface area contributed by atoms with E-state index < -0.39 is 0 Å². The van der Waals surface area contributed by atoms with E-state index in [9.17, 15) is 0 Å². The van der Waals surface area contributed by atoms with Crippen LogP contribution in [0.4, 0.5) is 0 Å². The van der Waals surface area contributed by atoms with Crippen molar-refractivity contribution in [2.24, 2.45) is 5.92 Å². The van der Waals surface area contributed by atoms with Crippen LogP contribution < -0.4 is 5.32 Å². The van der Waals surface area contributed by atoms with E-state index in [1.54, 1.807) is 0 Å². The lowest BCUT2D eigenvalue weighted by Gasteiger charge is -2.19. The first-order chi connectivity index (χ1) is 8.12. The maximum atomic E-state index is 5.86. The Hall–Kier alpha value is -0.540. The Morgan fingerprint density at radius 3 is 2.65 bits per heavy atom. The molecule has 1 aromatic heterocycles. The molecule has 0 spiro atoms. The average Bonchev–Trinajstić information content (AvgIpc) is 2.77. The van der Waals surface area contributed by atoms with Crippen LogP contribution in [0, 0.1) is 5.92 Å². The van der Waals surface area contributed by atoms with Crippen molar-refractivity contribution in [3.63, 3.8) is 0 Å². The molecule has 98 valence electrons. The summed E-state index contributed by atoms with van der Waals surface area (Å²) in [6, 6.07) is 2.62. The number of halogens is 1. The second kappa shape index (κ2) is 7.02. The van der Waals surface area contributed by atoms with Gasteiger partial charge in [-0.05, 0) is 32.3 Å². The van der Waals surface area contributed by atoms with Gasteiger partial charge < -0.3 is 5.32 Å². The van der Waals surface area contributed by atoms with Crippen LogP contribution >= 0.6 is 11.6 Å². The van der Waals surface area contributed by atoms with Crippen LogP contribution in [0.2, 0.25) is 0 Å². The molecular formula is C13H24ClN3. The SMILES string of the molecule is CCc1cc(CNC(C)C(C)CCl)n(CC)n1. The summed E-state index contributed by atoms with van der Waals surface area (Å²) in [4.78, 5) is 0. The molecule has 0 radical (unpaired) electrons. The fourth-order valence-corrected chi connectivity index (χ4v) is 1.97. The van der Waals surface area contributed by atoms with Gasteiger partial charge in [0.05, 0.1) is 11.4 Å². The lowest BCUT2D eigenvalue weighted by molar-refractivity contribution is 0.420. The maximum Gasteiger partial charge on any atom is 0.0625 e. The Morgan fingerprint density at radius 1 is 1.41 bits per heavy atom. The third-order valence-corrected chi connectivity index (χ3v) is 3.76. The number of hydrogen-bond acceptors (Lipinski definition) is 2. The molecule has 0 saturated carbocycles. The van der Waals surface area contributed by atoms with E-state index in [2.05, 4.69) is 48.9 Å². The van der Waals surface area contributed by atoms with Crippen LogP contribution in [0.5, 0.6) is 0 Å². The molecule has 0 amide bonds. The fourth-order valence-electron chi connectivity index (χ4n) is 1.70. The van der Waals surface area contributed by atoms with E-state index in [0.717, 1.165) is 19.5 Å². The molecule has 2 atom stereocenters. The highest BCUT2D eigenvalue weighted by molar-refractivity contribution is 6.18. The molecular weight excluding hydrogens is 234 g/mol. The molecule has 1 aromatic rings. The van der Waals surface area contributed by atoms with Crippen LogP contribution in [-0.2, 0) is 19.5 Å². The van der Waals surface area contributed by atoms with Gasteiger partial charge >= 0.3 is 0 Å². The van der Waals surface area contributed by atoms with Gasteiger partial charge in [0.1, 0.15) is 0 Å². The zero-order valence-electron chi connectivity index (χ0n) is 11.3. The van der Waals surface area contributed by atoms with E-state index in [1.807, 2.05) is 0 Å². The molecule has 0 aromatic carbocycles. The highest BCUT2D eigenvalue weighted by Crippen LogP contribution is 2.08. The normalized spacial score (nSPS) is 14.9. The van der Waals surface area contributed by atoms with Gasteiger partial charge in [0.2, 0.25) is 0 Å². The Bertz CT molecular complexity index is 335. The van der Waals surface area contributed by atoms with Crippen molar-refractivity contribution in [3.05, 3.63) is 17.5 Å². The van der Waals surface area contributed by atoms with E-state index in [4.69, 9.17) is 11.6 Å². The summed E-state index contributed by atoms with van der Waals surface area (Å²) in [5.74, 6) is 1.18. The number of rotatable bonds is 7. The lowest BCUT2D eigenvalue weighted by atomic mass is 10.1. The molecule has 0 aliphatic carbocycles. The molecule has 3 nitrogen and oxygen atoms in total. The van der Waals surface area contributed by atoms with Gasteiger partial charge in [-0.2, -0.15) is 5.10 Å². The van der Waals surface area contributed by atoms with E-state index in [1.165, 1.54) is 11.4 Å². The number of aromatic nitrogens is 2. The third-order valence-electron chi connectivity index (χ3n) is 3.28. The number of alkyl halides is 1. The monoisotopic (exact) mass is 257 g/mol. The molecule has 0 fully saturated rings. The highest BCUT2D eigenvalue weighted by atomic mass is 35.5. The summed E-state index contributed by atoms with van der Waals surface area (Å²) in [6.45, 7) is 10.4. The molecule has 1 rings (SSSR count). The van der Waals surface area contributed by atoms with Crippen molar-refractivity contribution in [2.75, 3.05) is 5.88 Å². The number of nitrogens with zero attached hydrogens (tertiary/aromatic N) is 2. The largest absolute Gasteiger partial charge is 0.308 e. The Balaban J connectivity index is 2.58. The van der Waals surface area contributed by atoms with Crippen molar-refractivity contribution < 1.29 is 0 Å². The minimum Gasteiger partial charge on any atom is -0.308 e. The van der Waals surface area contributed by atoms with Crippen molar-refractivity contribution in [3.8, 4) is 0 Å². The van der Waals surface area contributed by atoms with Gasteiger partial charge in [-0.1, -0.05) is 13.8 Å². The predicted octanol–water partition coefficient (Wildman–Crippen LogP) is 2.82. The topological polar surface area (TPSA) is 29.9 Å². The fraction of sp³-hybridized carbons (Fsp3) is 0.769. The van der Waals surface area contributed by atoms with Gasteiger partial charge in [0.15, 0.2) is 0 Å². The molecule has 1 N–H and O–H groups in total. The van der Waals surface area contributed by atoms with Gasteiger partial charge in [0, 0.05) is 25.0 Å². The van der Waals surface area contributed by atoms with Crippen LogP contribution in [0.3, 0.4) is 0 Å². The molecule has 0 bridgehead atoms. The van der Waals surface area contributed by atoms with Crippen molar-refractivity contribution in [2.45, 2.75) is 53.2 Å². The molecule has 0 saturated heterocycles. The standard InChI is InChI=1S/C13H24ClN3/c1-5-12-7-13(17(6-2)16-12)9-15-11(4)10(3)8-14/h7,10-11,15H,5-6,8-9H2,1-4H3. The summed E-state index contributed by atoms with van der Waals surface area (Å²) >= 11 is 5.86. The van der Waals surface area contributed by atoms with Crippen molar-refractivity contribution >= 4 is 11.6 Å². The van der Waals surface area contributed by atoms with Crippen LogP contribution in [0.25, 0.3) is 0 Å². The Kier molecular flexibility index (Phi) is 6.00. The summed E-state index contributed by atoms with van der Waals surface area (Å²) in [6.07, 6.45) is 0.994. The molecule has 0 aliphatic heterocycles. The zero-order chi connectivity index (χ0) is 12.8. The summed E-state index contributed by atoms with van der Waals surface area (Å²) in [7, 11) is 0. The van der Waals surface area contributed by atoms with Crippen molar-refractivity contribution in [1.29, 1.82) is 0 Å². The van der Waals surface area contributed by atoms with Gasteiger partial charge in [-0.15, -0.1) is 11.6 Å². The number of nitrogens with one attached hydrogen (secondary N) is 1. The van der Waals surface area contributed by atoms with Crippen molar-refractivity contribution in [1.82, 2.24) is 15.1 Å². The molecule has 17 heavy (non-hydrogen) atoms. The second-order valence-electron chi connectivity index (χ2n) is 4.60. The second-order valence-corrected chi connectivity index (χ2v) is 4.91. The van der Waals surface area contributed by atoms with E-state index >= 15 is 0 Å². The van der Waals surface area contributed by atoms with Gasteiger partial charge in [-0.3, -0.25) is 4.68 Å². The molecule has 1 heterocycles. The number of hydrogen-bond donors (Lipinski definition) is 1. The van der Waals surface area contributed by atoms with E-state index in [0.29, 0.717) is 17.8 Å². The lowest BCUT2D eigenvalue weighted by Crippen LogP contribution is -2.33. The van der Waals surface area contributed by atoms with Crippen LogP contribution in [-0.4, -0.2) is 21.7 Å². The van der Waals surface area contributed by atoms with Crippen LogP contribution in [0.1, 0.15) is 39.1 Å². The first-order valence-corrected chi connectivity index (χ1v) is 7.00. The third kappa shape index (κ3) is 4.00. The Labute approximate surface area is 110 Å². The quantitative estimate of drug-likeness (QED) is 0.762. The molecule has 4 heteroatoms. The van der Waals surface area contributed by atoms with Crippen LogP contribution in [0.15, 0.2) is 6.07 Å². The minimum atomic E-state index is 0.429. The first kappa shape index (κ1) is 14.5. The summed E-state index contributed by atoms with van der Waals surface area (Å²) in [5, 5.41) is 8.06. The van der Waals surface area contributed by atoms with Gasteiger partial charge in [-0.25, -0.2) is 0 Å². The predicted molar refractivity (Wildman–Crippen MR) is 73.5 cm³/mol. The Morgan fingerprint density at radius 2 is 2.12 bits per heavy atom. The van der Waals surface area contributed by atoms with E-state index in [-0.39, 0.29) is 0 Å². The first-order valence-electron chi connectivity index (χ1n) is 6.47. The average molecular weight is 258 g/mol. The molecule has 2 unspecified atom stereocenters. The minimum absolute atomic E-state index is 0.429. The smallest absolute Gasteiger partial charge is 0.0625 e. The number of aryl methyl sites for hydroxylation is 2. The summed E-state index contributed by atoms with van der Waals surface area (Å²) < 4.78 is 2.07. The summed E-state index contributed by atoms with van der Waals surface area (Å²) in [5.41, 5.74) is 2.43. The molecule has 0 aliphatic rings. The maximum absolute atomic E-state index is 5.86. The highest BCUT2D eigenvalue weighted by Gasteiger charge is 2.12. The zero-order valence-corrected chi connectivity index (χ0v) is 12.1.